The Morgan fingerprint density at radius 1 is 0.903 bits per heavy atom. The first-order valence-corrected chi connectivity index (χ1v) is 9.78. The van der Waals surface area contributed by atoms with E-state index < -0.39 is 5.97 Å². The number of carbonyl (C=O) groups is 1. The number of rotatable bonds is 7. The molecule has 0 aliphatic heterocycles. The second-order valence-corrected chi connectivity index (χ2v) is 6.79. The van der Waals surface area contributed by atoms with Gasteiger partial charge in [0.25, 0.3) is 0 Å². The topological polar surface area (TPSA) is 62.6 Å². The molecule has 4 aromatic rings. The minimum absolute atomic E-state index is 0.0657. The third-order valence-corrected chi connectivity index (χ3v) is 4.84. The molecule has 0 atom stereocenters. The molecule has 0 N–H and O–H groups in total. The summed E-state index contributed by atoms with van der Waals surface area (Å²) in [6.07, 6.45) is 1.88. The van der Waals surface area contributed by atoms with Gasteiger partial charge in [0.2, 0.25) is 0 Å². The van der Waals surface area contributed by atoms with E-state index in [2.05, 4.69) is 0 Å². The summed E-state index contributed by atoms with van der Waals surface area (Å²) in [5.74, 6) is 0.478. The summed E-state index contributed by atoms with van der Waals surface area (Å²) in [7, 11) is 3.05. The second-order valence-electron chi connectivity index (χ2n) is 6.79. The van der Waals surface area contributed by atoms with Crippen molar-refractivity contribution >= 4 is 5.97 Å². The lowest BCUT2D eigenvalue weighted by Crippen LogP contribution is -2.08. The number of nitrogens with zero attached hydrogens (tertiary/aromatic N) is 2. The lowest BCUT2D eigenvalue weighted by Gasteiger charge is -2.10. The molecule has 0 saturated carbocycles. The van der Waals surface area contributed by atoms with Crippen molar-refractivity contribution in [2.75, 3.05) is 14.2 Å². The summed E-state index contributed by atoms with van der Waals surface area (Å²) in [4.78, 5) is 12.8. The van der Waals surface area contributed by atoms with Crippen molar-refractivity contribution < 1.29 is 19.0 Å². The number of carbonyl (C=O) groups excluding carboxylic acids is 1. The molecule has 0 aliphatic carbocycles. The maximum Gasteiger partial charge on any atom is 0.342 e. The van der Waals surface area contributed by atoms with Crippen molar-refractivity contribution in [3.63, 3.8) is 0 Å². The lowest BCUT2D eigenvalue weighted by molar-refractivity contribution is 0.0469. The van der Waals surface area contributed by atoms with Crippen LogP contribution in [0.4, 0.5) is 0 Å². The van der Waals surface area contributed by atoms with Crippen LogP contribution in [0.3, 0.4) is 0 Å². The fourth-order valence-corrected chi connectivity index (χ4v) is 3.26. The number of ether oxygens (including phenoxy) is 3. The number of hydrogen-bond donors (Lipinski definition) is 0. The predicted molar refractivity (Wildman–Crippen MR) is 118 cm³/mol. The predicted octanol–water partition coefficient (Wildman–Crippen LogP) is 4.91. The highest BCUT2D eigenvalue weighted by atomic mass is 16.5. The largest absolute Gasteiger partial charge is 0.497 e. The van der Waals surface area contributed by atoms with Gasteiger partial charge >= 0.3 is 5.97 Å². The number of esters is 1. The van der Waals surface area contributed by atoms with E-state index in [9.17, 15) is 4.79 Å². The third kappa shape index (κ3) is 4.43. The van der Waals surface area contributed by atoms with Crippen LogP contribution in [0.15, 0.2) is 85.1 Å². The van der Waals surface area contributed by atoms with E-state index in [0.29, 0.717) is 17.1 Å². The van der Waals surface area contributed by atoms with Gasteiger partial charge in [0.1, 0.15) is 23.7 Å². The molecule has 6 nitrogen and oxygen atoms in total. The average Bonchev–Trinajstić information content (AvgIpc) is 3.27. The van der Waals surface area contributed by atoms with Crippen LogP contribution < -0.4 is 9.47 Å². The Morgan fingerprint density at radius 2 is 1.61 bits per heavy atom. The fourth-order valence-electron chi connectivity index (χ4n) is 3.26. The molecule has 0 bridgehead atoms. The minimum atomic E-state index is -0.498. The molecule has 1 heterocycles. The smallest absolute Gasteiger partial charge is 0.342 e. The highest BCUT2D eigenvalue weighted by molar-refractivity contribution is 5.93. The zero-order valence-corrected chi connectivity index (χ0v) is 17.3. The first-order valence-electron chi connectivity index (χ1n) is 9.78. The van der Waals surface area contributed by atoms with Crippen LogP contribution in [0.2, 0.25) is 0 Å². The number of para-hydroxylation sites is 1. The maximum absolute atomic E-state index is 12.8. The molecular formula is C25H22N2O4. The first kappa shape index (κ1) is 20.2. The average molecular weight is 414 g/mol. The monoisotopic (exact) mass is 414 g/mol. The summed E-state index contributed by atoms with van der Waals surface area (Å²) >= 11 is 0. The van der Waals surface area contributed by atoms with Gasteiger partial charge in [-0.25, -0.2) is 9.48 Å². The zero-order valence-electron chi connectivity index (χ0n) is 17.3. The van der Waals surface area contributed by atoms with Crippen molar-refractivity contribution in [3.8, 4) is 28.4 Å². The van der Waals surface area contributed by atoms with Gasteiger partial charge in [0.05, 0.1) is 25.6 Å². The van der Waals surface area contributed by atoms with Crippen LogP contribution in [-0.2, 0) is 11.3 Å². The summed E-state index contributed by atoms with van der Waals surface area (Å²) in [5.41, 5.74) is 3.73. The van der Waals surface area contributed by atoms with Crippen molar-refractivity contribution in [1.29, 1.82) is 0 Å². The Hall–Kier alpha value is -4.06. The summed E-state index contributed by atoms with van der Waals surface area (Å²) in [5, 5.41) is 4.74. The standard InChI is InChI=1S/C25H22N2O4/c1-29-21-13-14-23(30-2)22(15-21)25(28)31-17-19-16-27(20-11-7-4-8-12-20)26-24(19)18-9-5-3-6-10-18/h3-16H,17H2,1-2H3. The van der Waals surface area contributed by atoms with Gasteiger partial charge in [-0.3, -0.25) is 0 Å². The molecule has 0 spiro atoms. The van der Waals surface area contributed by atoms with Crippen molar-refractivity contribution in [2.24, 2.45) is 0 Å². The van der Waals surface area contributed by atoms with Gasteiger partial charge in [-0.1, -0.05) is 48.5 Å². The van der Waals surface area contributed by atoms with E-state index in [1.807, 2.05) is 66.9 Å². The van der Waals surface area contributed by atoms with E-state index >= 15 is 0 Å². The lowest BCUT2D eigenvalue weighted by atomic mass is 10.1. The highest BCUT2D eigenvalue weighted by Gasteiger charge is 2.18. The molecule has 0 aliphatic rings. The molecule has 6 heteroatoms. The Bertz CT molecular complexity index is 1170. The van der Waals surface area contributed by atoms with Crippen LogP contribution in [0.1, 0.15) is 15.9 Å². The maximum atomic E-state index is 12.8. The zero-order chi connectivity index (χ0) is 21.6. The molecule has 0 radical (unpaired) electrons. The molecule has 0 amide bonds. The highest BCUT2D eigenvalue weighted by Crippen LogP contribution is 2.27. The van der Waals surface area contributed by atoms with Crippen molar-refractivity contribution in [1.82, 2.24) is 9.78 Å². The number of methoxy groups -OCH3 is 2. The van der Waals surface area contributed by atoms with Gasteiger partial charge in [-0.2, -0.15) is 5.10 Å². The number of aromatic nitrogens is 2. The van der Waals surface area contributed by atoms with Gasteiger partial charge in [0, 0.05) is 17.3 Å². The van der Waals surface area contributed by atoms with Crippen LogP contribution in [0.5, 0.6) is 11.5 Å². The molecule has 0 fully saturated rings. The van der Waals surface area contributed by atoms with Gasteiger partial charge in [-0.05, 0) is 30.3 Å². The van der Waals surface area contributed by atoms with Crippen LogP contribution in [0.25, 0.3) is 16.9 Å². The van der Waals surface area contributed by atoms with Crippen LogP contribution in [0, 0.1) is 0 Å². The Labute approximate surface area is 180 Å². The third-order valence-electron chi connectivity index (χ3n) is 4.84. The van der Waals surface area contributed by atoms with E-state index in [0.717, 1.165) is 22.5 Å². The number of hydrogen-bond acceptors (Lipinski definition) is 5. The summed E-state index contributed by atoms with van der Waals surface area (Å²) in [6.45, 7) is 0.0657. The fraction of sp³-hybridized carbons (Fsp3) is 0.120. The minimum Gasteiger partial charge on any atom is -0.497 e. The molecule has 3 aromatic carbocycles. The van der Waals surface area contributed by atoms with Crippen molar-refractivity contribution in [2.45, 2.75) is 6.61 Å². The molecular weight excluding hydrogens is 392 g/mol. The van der Waals surface area contributed by atoms with Crippen LogP contribution in [-0.4, -0.2) is 30.0 Å². The quantitative estimate of drug-likeness (QED) is 0.402. The molecule has 0 unspecified atom stereocenters. The number of benzene rings is 3. The Morgan fingerprint density at radius 3 is 2.29 bits per heavy atom. The van der Waals surface area contributed by atoms with Gasteiger partial charge in [0.15, 0.2) is 0 Å². The SMILES string of the molecule is COc1ccc(OC)c(C(=O)OCc2cn(-c3ccccc3)nc2-c2ccccc2)c1. The second kappa shape index (κ2) is 9.17. The Balaban J connectivity index is 1.64. The normalized spacial score (nSPS) is 10.5. The first-order chi connectivity index (χ1) is 15.2. The molecule has 31 heavy (non-hydrogen) atoms. The molecule has 0 saturated heterocycles. The van der Waals surface area contributed by atoms with Gasteiger partial charge in [-0.15, -0.1) is 0 Å². The van der Waals surface area contributed by atoms with Crippen molar-refractivity contribution in [3.05, 3.63) is 96.2 Å². The van der Waals surface area contributed by atoms with E-state index in [1.165, 1.54) is 7.11 Å². The van der Waals surface area contributed by atoms with E-state index in [1.54, 1.807) is 30.0 Å². The van der Waals surface area contributed by atoms with Gasteiger partial charge < -0.3 is 14.2 Å². The molecule has 4 rings (SSSR count). The molecule has 156 valence electrons. The summed E-state index contributed by atoms with van der Waals surface area (Å²) in [6, 6.07) is 24.6. The van der Waals surface area contributed by atoms with E-state index in [-0.39, 0.29) is 6.61 Å². The van der Waals surface area contributed by atoms with Crippen LogP contribution >= 0.6 is 0 Å². The summed E-state index contributed by atoms with van der Waals surface area (Å²) < 4.78 is 17.9. The van der Waals surface area contributed by atoms with E-state index in [4.69, 9.17) is 19.3 Å². The Kier molecular flexibility index (Phi) is 5.98. The molecule has 1 aromatic heterocycles.